The van der Waals surface area contributed by atoms with Crippen molar-refractivity contribution in [3.63, 3.8) is 0 Å². The van der Waals surface area contributed by atoms with Crippen LogP contribution in [0, 0.1) is 5.92 Å². The van der Waals surface area contributed by atoms with E-state index in [2.05, 4.69) is 13.8 Å². The molecule has 1 saturated heterocycles. The number of carbonyl (C=O) groups is 1. The molecule has 1 heterocycles. The fourth-order valence-corrected chi connectivity index (χ4v) is 3.63. The van der Waals surface area contributed by atoms with Crippen LogP contribution in [0.5, 0.6) is 0 Å². The van der Waals surface area contributed by atoms with Gasteiger partial charge in [-0.15, -0.1) is 0 Å². The lowest BCUT2D eigenvalue weighted by molar-refractivity contribution is -0.140. The van der Waals surface area contributed by atoms with Crippen LogP contribution in [0.15, 0.2) is 24.3 Å². The van der Waals surface area contributed by atoms with E-state index in [1.165, 1.54) is 0 Å². The second-order valence-electron chi connectivity index (χ2n) is 7.10. The lowest BCUT2D eigenvalue weighted by Gasteiger charge is -2.39. The van der Waals surface area contributed by atoms with Crippen molar-refractivity contribution in [2.75, 3.05) is 26.8 Å². The number of halogens is 1. The van der Waals surface area contributed by atoms with Gasteiger partial charge in [0.15, 0.2) is 0 Å². The summed E-state index contributed by atoms with van der Waals surface area (Å²) >= 11 is 6.43. The van der Waals surface area contributed by atoms with Crippen LogP contribution in [0.2, 0.25) is 5.02 Å². The van der Waals surface area contributed by atoms with Crippen LogP contribution >= 0.6 is 11.6 Å². The third-order valence-corrected chi connectivity index (χ3v) is 5.48. The largest absolute Gasteiger partial charge is 0.381 e. The molecule has 2 N–H and O–H groups in total. The highest BCUT2D eigenvalue weighted by molar-refractivity contribution is 6.31. The molecule has 0 aliphatic carbocycles. The summed E-state index contributed by atoms with van der Waals surface area (Å²) in [6.07, 6.45) is 2.13. The molecule has 24 heavy (non-hydrogen) atoms. The van der Waals surface area contributed by atoms with E-state index < -0.39 is 5.41 Å². The van der Waals surface area contributed by atoms with Crippen LogP contribution in [0.3, 0.4) is 0 Å². The van der Waals surface area contributed by atoms with Gasteiger partial charge in [-0.25, -0.2) is 0 Å². The lowest BCUT2D eigenvalue weighted by Crippen LogP contribution is -2.49. The number of carbonyl (C=O) groups excluding carboxylic acids is 1. The molecule has 1 aliphatic rings. The number of benzene rings is 1. The van der Waals surface area contributed by atoms with Gasteiger partial charge >= 0.3 is 0 Å². The summed E-state index contributed by atoms with van der Waals surface area (Å²) in [6, 6.07) is 7.77. The first kappa shape index (κ1) is 19.2. The summed E-state index contributed by atoms with van der Waals surface area (Å²) in [4.78, 5) is 15.1. The quantitative estimate of drug-likeness (QED) is 0.855. The normalized spacial score (nSPS) is 18.4. The summed E-state index contributed by atoms with van der Waals surface area (Å²) < 4.78 is 5.51. The summed E-state index contributed by atoms with van der Waals surface area (Å²) in [6.45, 7) is 6.03. The molecule has 0 radical (unpaired) electrons. The average Bonchev–Trinajstić information content (AvgIpc) is 2.59. The Labute approximate surface area is 150 Å². The zero-order valence-corrected chi connectivity index (χ0v) is 15.7. The molecular formula is C19H29ClN2O2. The number of likely N-dealkylation sites (N-methyl/N-ethyl adjacent to an activating group) is 1. The topological polar surface area (TPSA) is 55.6 Å². The molecule has 1 amide bonds. The standard InChI is InChI=1S/C19H29ClN2O2/c1-14(2)17(21)8-11-22(3)18(23)19(9-12-24-13-10-19)15-6-4-5-7-16(15)20/h4-7,14,17H,8-13,21H2,1-3H3. The number of nitrogens with zero attached hydrogens (tertiary/aromatic N) is 1. The second kappa shape index (κ2) is 8.32. The Morgan fingerprint density at radius 3 is 2.54 bits per heavy atom. The van der Waals surface area contributed by atoms with Crippen LogP contribution in [-0.4, -0.2) is 43.7 Å². The molecule has 134 valence electrons. The third kappa shape index (κ3) is 4.11. The van der Waals surface area contributed by atoms with E-state index in [-0.39, 0.29) is 11.9 Å². The van der Waals surface area contributed by atoms with Crippen molar-refractivity contribution in [2.45, 2.75) is 44.6 Å². The van der Waals surface area contributed by atoms with E-state index in [0.29, 0.717) is 43.5 Å². The Kier molecular flexibility index (Phi) is 6.67. The molecular weight excluding hydrogens is 324 g/mol. The Hall–Kier alpha value is -1.10. The van der Waals surface area contributed by atoms with Gasteiger partial charge in [0.05, 0.1) is 5.41 Å². The fraction of sp³-hybridized carbons (Fsp3) is 0.632. The van der Waals surface area contributed by atoms with Gasteiger partial charge in [-0.1, -0.05) is 43.6 Å². The molecule has 1 fully saturated rings. The summed E-state index contributed by atoms with van der Waals surface area (Å²) in [5, 5.41) is 0.653. The first-order valence-electron chi connectivity index (χ1n) is 8.72. The summed E-state index contributed by atoms with van der Waals surface area (Å²) in [5.74, 6) is 0.531. The number of ether oxygens (including phenoxy) is 1. The highest BCUT2D eigenvalue weighted by Crippen LogP contribution is 2.40. The predicted molar refractivity (Wildman–Crippen MR) is 98.3 cm³/mol. The van der Waals surface area contributed by atoms with E-state index >= 15 is 0 Å². The SMILES string of the molecule is CC(C)C(N)CCN(C)C(=O)C1(c2ccccc2Cl)CCOCC1. The van der Waals surface area contributed by atoms with E-state index in [1.54, 1.807) is 0 Å². The molecule has 0 bridgehead atoms. The summed E-state index contributed by atoms with van der Waals surface area (Å²) in [7, 11) is 1.86. The highest BCUT2D eigenvalue weighted by atomic mass is 35.5. The van der Waals surface area contributed by atoms with E-state index in [1.807, 2.05) is 36.2 Å². The first-order valence-corrected chi connectivity index (χ1v) is 9.10. The van der Waals surface area contributed by atoms with Gasteiger partial charge < -0.3 is 15.4 Å². The molecule has 1 atom stereocenters. The molecule has 1 aromatic carbocycles. The number of hydrogen-bond acceptors (Lipinski definition) is 3. The van der Waals surface area contributed by atoms with Crippen LogP contribution in [0.4, 0.5) is 0 Å². The van der Waals surface area contributed by atoms with Gasteiger partial charge in [-0.2, -0.15) is 0 Å². The van der Waals surface area contributed by atoms with Crippen molar-refractivity contribution in [1.29, 1.82) is 0 Å². The summed E-state index contributed by atoms with van der Waals surface area (Å²) in [5.41, 5.74) is 6.46. The van der Waals surface area contributed by atoms with E-state index in [9.17, 15) is 4.79 Å². The highest BCUT2D eigenvalue weighted by Gasteiger charge is 2.44. The zero-order chi connectivity index (χ0) is 17.7. The smallest absolute Gasteiger partial charge is 0.233 e. The Balaban J connectivity index is 2.21. The predicted octanol–water partition coefficient (Wildman–Crippen LogP) is 3.22. The van der Waals surface area contributed by atoms with Crippen LogP contribution < -0.4 is 5.73 Å². The van der Waals surface area contributed by atoms with Gasteiger partial charge in [-0.05, 0) is 36.8 Å². The number of rotatable bonds is 6. The van der Waals surface area contributed by atoms with Crippen molar-refractivity contribution < 1.29 is 9.53 Å². The minimum absolute atomic E-state index is 0.103. The van der Waals surface area contributed by atoms with Crippen molar-refractivity contribution in [1.82, 2.24) is 4.90 Å². The zero-order valence-electron chi connectivity index (χ0n) is 14.9. The molecule has 1 aromatic rings. The molecule has 4 nitrogen and oxygen atoms in total. The molecule has 1 unspecified atom stereocenters. The number of nitrogens with two attached hydrogens (primary N) is 1. The van der Waals surface area contributed by atoms with Crippen LogP contribution in [-0.2, 0) is 14.9 Å². The maximum atomic E-state index is 13.3. The van der Waals surface area contributed by atoms with Crippen molar-refractivity contribution in [2.24, 2.45) is 11.7 Å². The monoisotopic (exact) mass is 352 g/mol. The Morgan fingerprint density at radius 2 is 1.96 bits per heavy atom. The molecule has 0 spiro atoms. The maximum absolute atomic E-state index is 13.3. The maximum Gasteiger partial charge on any atom is 0.233 e. The number of amides is 1. The van der Waals surface area contributed by atoms with E-state index in [0.717, 1.165) is 12.0 Å². The van der Waals surface area contributed by atoms with Crippen LogP contribution in [0.25, 0.3) is 0 Å². The third-order valence-electron chi connectivity index (χ3n) is 5.15. The van der Waals surface area contributed by atoms with Gasteiger partial charge in [-0.3, -0.25) is 4.79 Å². The van der Waals surface area contributed by atoms with Crippen molar-refractivity contribution >= 4 is 17.5 Å². The second-order valence-corrected chi connectivity index (χ2v) is 7.50. The molecule has 5 heteroatoms. The Morgan fingerprint density at radius 1 is 1.33 bits per heavy atom. The van der Waals surface area contributed by atoms with Gasteiger partial charge in [0.25, 0.3) is 0 Å². The van der Waals surface area contributed by atoms with Gasteiger partial charge in [0.2, 0.25) is 5.91 Å². The Bertz CT molecular complexity index is 556. The molecule has 0 saturated carbocycles. The average molecular weight is 353 g/mol. The number of hydrogen-bond donors (Lipinski definition) is 1. The van der Waals surface area contributed by atoms with Crippen LogP contribution in [0.1, 0.15) is 38.7 Å². The van der Waals surface area contributed by atoms with Crippen molar-refractivity contribution in [3.8, 4) is 0 Å². The fourth-order valence-electron chi connectivity index (χ4n) is 3.31. The van der Waals surface area contributed by atoms with Crippen molar-refractivity contribution in [3.05, 3.63) is 34.9 Å². The first-order chi connectivity index (χ1) is 11.4. The van der Waals surface area contributed by atoms with Gasteiger partial charge in [0.1, 0.15) is 0 Å². The van der Waals surface area contributed by atoms with Gasteiger partial charge in [0, 0.05) is 37.9 Å². The molecule has 2 rings (SSSR count). The minimum Gasteiger partial charge on any atom is -0.381 e. The lowest BCUT2D eigenvalue weighted by atomic mass is 9.73. The minimum atomic E-state index is -0.590. The van der Waals surface area contributed by atoms with E-state index in [4.69, 9.17) is 22.1 Å². The molecule has 1 aliphatic heterocycles. The molecule has 0 aromatic heterocycles.